The zero-order chi connectivity index (χ0) is 19.1. The Bertz CT molecular complexity index is 913. The highest BCUT2D eigenvalue weighted by molar-refractivity contribution is 5.98. The third kappa shape index (κ3) is 3.05. The van der Waals surface area contributed by atoms with Crippen LogP contribution in [0.15, 0.2) is 23.5 Å². The van der Waals surface area contributed by atoms with Gasteiger partial charge in [-0.1, -0.05) is 0 Å². The highest BCUT2D eigenvalue weighted by atomic mass is 16.2. The number of nitrogen functional groups attached to an aromatic ring is 1. The van der Waals surface area contributed by atoms with Gasteiger partial charge in [0.1, 0.15) is 11.3 Å². The maximum Gasteiger partial charge on any atom is 0.274 e. The van der Waals surface area contributed by atoms with Gasteiger partial charge in [0.15, 0.2) is 0 Å². The Morgan fingerprint density at radius 3 is 2.69 bits per heavy atom. The molecule has 10 heteroatoms. The fourth-order valence-corrected chi connectivity index (χ4v) is 3.11. The van der Waals surface area contributed by atoms with Crippen molar-refractivity contribution in [3.05, 3.63) is 40.3 Å². The highest BCUT2D eigenvalue weighted by Gasteiger charge is 2.39. The van der Waals surface area contributed by atoms with E-state index in [1.165, 1.54) is 35.0 Å². The van der Waals surface area contributed by atoms with Crippen molar-refractivity contribution in [1.29, 1.82) is 0 Å². The van der Waals surface area contributed by atoms with Gasteiger partial charge in [-0.25, -0.2) is 4.98 Å². The molecule has 3 heterocycles. The summed E-state index contributed by atoms with van der Waals surface area (Å²) in [5, 5.41) is 6.84. The molecule has 10 nitrogen and oxygen atoms in total. The second kappa shape index (κ2) is 6.28. The van der Waals surface area contributed by atoms with E-state index < -0.39 is 17.0 Å². The summed E-state index contributed by atoms with van der Waals surface area (Å²) in [5.41, 5.74) is 5.35. The third-order valence-electron chi connectivity index (χ3n) is 4.58. The standard InChI is InChI=1S/C16H21N7O3/c1-16(20-13(24)10-6-18-9-21(2)14(10)25)4-5-23(8-16)15(26)12-11(17)7-19-22(12)3/h6-7,9H,4-5,8,17H2,1-3H3,(H,20,24). The molecule has 0 aromatic carbocycles. The van der Waals surface area contributed by atoms with E-state index in [4.69, 9.17) is 5.73 Å². The summed E-state index contributed by atoms with van der Waals surface area (Å²) in [6.07, 6.45) is 4.58. The highest BCUT2D eigenvalue weighted by Crippen LogP contribution is 2.24. The molecule has 3 rings (SSSR count). The average Bonchev–Trinajstić information content (AvgIpc) is 3.12. The van der Waals surface area contributed by atoms with E-state index in [-0.39, 0.29) is 11.5 Å². The van der Waals surface area contributed by atoms with E-state index in [1.54, 1.807) is 11.9 Å². The molecule has 1 aliphatic heterocycles. The van der Waals surface area contributed by atoms with Crippen LogP contribution in [0.5, 0.6) is 0 Å². The van der Waals surface area contributed by atoms with Gasteiger partial charge in [-0.3, -0.25) is 19.1 Å². The molecular weight excluding hydrogens is 338 g/mol. The van der Waals surface area contributed by atoms with Gasteiger partial charge in [0.05, 0.1) is 23.8 Å². The lowest BCUT2D eigenvalue weighted by atomic mass is 10.0. The van der Waals surface area contributed by atoms with Crippen molar-refractivity contribution in [1.82, 2.24) is 29.5 Å². The Balaban J connectivity index is 1.74. The van der Waals surface area contributed by atoms with Crippen LogP contribution < -0.4 is 16.6 Å². The monoisotopic (exact) mass is 359 g/mol. The van der Waals surface area contributed by atoms with Gasteiger partial charge in [0.25, 0.3) is 17.4 Å². The van der Waals surface area contributed by atoms with E-state index in [0.717, 1.165) is 0 Å². The second-order valence-electron chi connectivity index (χ2n) is 6.79. The summed E-state index contributed by atoms with van der Waals surface area (Å²) in [6, 6.07) is 0. The molecule has 3 N–H and O–H groups in total. The summed E-state index contributed by atoms with van der Waals surface area (Å²) < 4.78 is 2.68. The van der Waals surface area contributed by atoms with E-state index in [9.17, 15) is 14.4 Å². The largest absolute Gasteiger partial charge is 0.396 e. The number of nitrogens with one attached hydrogen (secondary N) is 1. The molecule has 138 valence electrons. The number of carbonyl (C=O) groups excluding carboxylic acids is 2. The first-order valence-corrected chi connectivity index (χ1v) is 8.12. The predicted molar refractivity (Wildman–Crippen MR) is 93.5 cm³/mol. The topological polar surface area (TPSA) is 128 Å². The van der Waals surface area contributed by atoms with Crippen molar-refractivity contribution >= 4 is 17.5 Å². The number of carbonyl (C=O) groups is 2. The third-order valence-corrected chi connectivity index (χ3v) is 4.58. The Kier molecular flexibility index (Phi) is 4.26. The van der Waals surface area contributed by atoms with Gasteiger partial charge in [-0.05, 0) is 13.3 Å². The van der Waals surface area contributed by atoms with Crippen molar-refractivity contribution in [3.63, 3.8) is 0 Å². The van der Waals surface area contributed by atoms with Crippen LogP contribution in [0.1, 0.15) is 34.2 Å². The minimum absolute atomic E-state index is 0.0307. The van der Waals surface area contributed by atoms with Crippen molar-refractivity contribution in [3.8, 4) is 0 Å². The van der Waals surface area contributed by atoms with E-state index in [0.29, 0.717) is 30.9 Å². The Morgan fingerprint density at radius 1 is 1.31 bits per heavy atom. The number of likely N-dealkylation sites (tertiary alicyclic amines) is 1. The molecule has 0 radical (unpaired) electrons. The van der Waals surface area contributed by atoms with Crippen LogP contribution >= 0.6 is 0 Å². The van der Waals surface area contributed by atoms with Crippen LogP contribution in [0.3, 0.4) is 0 Å². The number of nitrogens with zero attached hydrogens (tertiary/aromatic N) is 5. The van der Waals surface area contributed by atoms with Crippen LogP contribution in [0, 0.1) is 0 Å². The number of aromatic nitrogens is 4. The SMILES string of the molecule is Cn1ncc(N)c1C(=O)N1CCC(C)(NC(=O)c2cncn(C)c2=O)C1. The lowest BCUT2D eigenvalue weighted by molar-refractivity contribution is 0.0759. The van der Waals surface area contributed by atoms with Gasteiger partial charge in [-0.15, -0.1) is 0 Å². The second-order valence-corrected chi connectivity index (χ2v) is 6.79. The molecular formula is C16H21N7O3. The van der Waals surface area contributed by atoms with E-state index in [2.05, 4.69) is 15.4 Å². The Hall–Kier alpha value is -3.17. The maximum atomic E-state index is 12.7. The van der Waals surface area contributed by atoms with Gasteiger partial charge in [-0.2, -0.15) is 5.10 Å². The number of rotatable bonds is 3. The first-order chi connectivity index (χ1) is 12.2. The Labute approximate surface area is 149 Å². The Morgan fingerprint density at radius 2 is 2.04 bits per heavy atom. The molecule has 2 aromatic heterocycles. The first-order valence-electron chi connectivity index (χ1n) is 8.12. The van der Waals surface area contributed by atoms with Gasteiger partial charge in [0, 0.05) is 33.4 Å². The van der Waals surface area contributed by atoms with Crippen molar-refractivity contribution < 1.29 is 9.59 Å². The normalized spacial score (nSPS) is 19.6. The predicted octanol–water partition coefficient (Wildman–Crippen LogP) is -0.869. The van der Waals surface area contributed by atoms with E-state index >= 15 is 0 Å². The van der Waals surface area contributed by atoms with Crippen molar-refractivity contribution in [2.45, 2.75) is 18.9 Å². The van der Waals surface area contributed by atoms with Crippen LogP contribution in [-0.2, 0) is 14.1 Å². The summed E-state index contributed by atoms with van der Waals surface area (Å²) >= 11 is 0. The minimum atomic E-state index is -0.652. The van der Waals surface area contributed by atoms with Gasteiger partial charge >= 0.3 is 0 Å². The molecule has 1 fully saturated rings. The molecule has 2 aromatic rings. The number of hydrogen-bond acceptors (Lipinski definition) is 6. The lowest BCUT2D eigenvalue weighted by Crippen LogP contribution is -2.50. The summed E-state index contributed by atoms with van der Waals surface area (Å²) in [4.78, 5) is 42.8. The summed E-state index contributed by atoms with van der Waals surface area (Å²) in [7, 11) is 3.18. The lowest BCUT2D eigenvalue weighted by Gasteiger charge is -2.26. The van der Waals surface area contributed by atoms with E-state index in [1.807, 2.05) is 6.92 Å². The molecule has 1 saturated heterocycles. The molecule has 1 aliphatic rings. The first kappa shape index (κ1) is 17.6. The smallest absolute Gasteiger partial charge is 0.274 e. The number of hydrogen-bond donors (Lipinski definition) is 2. The molecule has 0 aliphatic carbocycles. The van der Waals surface area contributed by atoms with Gasteiger partial charge < -0.3 is 20.5 Å². The van der Waals surface area contributed by atoms with Crippen molar-refractivity contribution in [2.75, 3.05) is 18.8 Å². The van der Waals surface area contributed by atoms with Crippen LogP contribution in [0.4, 0.5) is 5.69 Å². The molecule has 0 bridgehead atoms. The molecule has 0 saturated carbocycles. The number of anilines is 1. The molecule has 1 atom stereocenters. The van der Waals surface area contributed by atoms with Crippen LogP contribution in [0.25, 0.3) is 0 Å². The number of aryl methyl sites for hydroxylation is 2. The van der Waals surface area contributed by atoms with Gasteiger partial charge in [0.2, 0.25) is 0 Å². The quantitative estimate of drug-likeness (QED) is 0.733. The van der Waals surface area contributed by atoms with Crippen LogP contribution in [-0.4, -0.2) is 54.7 Å². The summed E-state index contributed by atoms with van der Waals surface area (Å²) in [6.45, 7) is 2.61. The molecule has 26 heavy (non-hydrogen) atoms. The van der Waals surface area contributed by atoms with Crippen molar-refractivity contribution in [2.24, 2.45) is 14.1 Å². The minimum Gasteiger partial charge on any atom is -0.396 e. The zero-order valence-electron chi connectivity index (χ0n) is 14.9. The zero-order valence-corrected chi connectivity index (χ0v) is 14.9. The maximum absolute atomic E-state index is 12.7. The molecule has 1 unspecified atom stereocenters. The van der Waals surface area contributed by atoms with Crippen LogP contribution in [0.2, 0.25) is 0 Å². The average molecular weight is 359 g/mol. The fraction of sp³-hybridized carbons (Fsp3) is 0.438. The summed E-state index contributed by atoms with van der Waals surface area (Å²) in [5.74, 6) is -0.742. The molecule has 0 spiro atoms. The molecule has 2 amide bonds. The number of amides is 2. The number of nitrogens with two attached hydrogens (primary N) is 1. The fourth-order valence-electron chi connectivity index (χ4n) is 3.11.